The molecule has 0 saturated heterocycles. The van der Waals surface area contributed by atoms with Crippen molar-refractivity contribution in [1.82, 2.24) is 4.72 Å². The van der Waals surface area contributed by atoms with Gasteiger partial charge in [0.1, 0.15) is 5.82 Å². The fourth-order valence-electron chi connectivity index (χ4n) is 1.55. The Bertz CT molecular complexity index is 732. The van der Waals surface area contributed by atoms with Crippen LogP contribution in [-0.4, -0.2) is 8.42 Å². The highest BCUT2D eigenvalue weighted by molar-refractivity contribution is 7.89. The van der Waals surface area contributed by atoms with E-state index in [1.807, 2.05) is 0 Å². The molecule has 0 heterocycles. The van der Waals surface area contributed by atoms with Crippen LogP contribution in [0.1, 0.15) is 5.56 Å². The Morgan fingerprint density at radius 1 is 0.950 bits per heavy atom. The van der Waals surface area contributed by atoms with Crippen LogP contribution in [0.2, 0.25) is 0 Å². The van der Waals surface area contributed by atoms with Gasteiger partial charge in [0, 0.05) is 6.54 Å². The number of rotatable bonds is 4. The molecule has 2 rings (SSSR count). The summed E-state index contributed by atoms with van der Waals surface area (Å²) in [5.74, 6) is -2.87. The zero-order valence-corrected chi connectivity index (χ0v) is 10.9. The van der Waals surface area contributed by atoms with E-state index in [-0.39, 0.29) is 6.54 Å². The minimum atomic E-state index is -3.99. The first kappa shape index (κ1) is 14.5. The molecule has 0 unspecified atom stereocenters. The highest BCUT2D eigenvalue weighted by atomic mass is 32.2. The summed E-state index contributed by atoms with van der Waals surface area (Å²) in [5, 5.41) is 0. The molecule has 0 amide bonds. The average Bonchev–Trinajstić information content (AvgIpc) is 2.40. The second-order valence-corrected chi connectivity index (χ2v) is 5.80. The van der Waals surface area contributed by atoms with E-state index in [4.69, 9.17) is 0 Å². The third-order valence-electron chi connectivity index (χ3n) is 2.56. The second kappa shape index (κ2) is 5.64. The number of halogens is 3. The Kier molecular flexibility index (Phi) is 4.10. The van der Waals surface area contributed by atoms with Gasteiger partial charge in [-0.2, -0.15) is 0 Å². The quantitative estimate of drug-likeness (QED) is 0.943. The predicted octanol–water partition coefficient (Wildman–Crippen LogP) is 2.58. The van der Waals surface area contributed by atoms with Crippen molar-refractivity contribution < 1.29 is 21.6 Å². The molecule has 2 aromatic carbocycles. The summed E-state index contributed by atoms with van der Waals surface area (Å²) in [6.07, 6.45) is 0. The number of hydrogen-bond acceptors (Lipinski definition) is 2. The zero-order chi connectivity index (χ0) is 14.8. The van der Waals surface area contributed by atoms with Crippen LogP contribution >= 0.6 is 0 Å². The van der Waals surface area contributed by atoms with Gasteiger partial charge in [0.05, 0.1) is 4.90 Å². The Morgan fingerprint density at radius 2 is 1.70 bits per heavy atom. The molecule has 0 aliphatic carbocycles. The molecule has 3 nitrogen and oxygen atoms in total. The van der Waals surface area contributed by atoms with Crippen molar-refractivity contribution in [3.63, 3.8) is 0 Å². The van der Waals surface area contributed by atoms with E-state index in [1.165, 1.54) is 24.3 Å². The highest BCUT2D eigenvalue weighted by Gasteiger charge is 2.16. The van der Waals surface area contributed by atoms with Crippen LogP contribution in [0.4, 0.5) is 13.2 Å². The first-order chi connectivity index (χ1) is 9.38. The normalized spacial score (nSPS) is 11.6. The van der Waals surface area contributed by atoms with Crippen molar-refractivity contribution in [1.29, 1.82) is 0 Å². The van der Waals surface area contributed by atoms with E-state index in [9.17, 15) is 21.6 Å². The molecular formula is C13H10F3NO2S. The smallest absolute Gasteiger partial charge is 0.207 e. The van der Waals surface area contributed by atoms with Crippen molar-refractivity contribution in [2.75, 3.05) is 0 Å². The molecule has 0 radical (unpaired) electrons. The highest BCUT2D eigenvalue weighted by Crippen LogP contribution is 2.14. The van der Waals surface area contributed by atoms with Crippen molar-refractivity contribution >= 4 is 10.0 Å². The van der Waals surface area contributed by atoms with Crippen LogP contribution in [0.25, 0.3) is 0 Å². The number of sulfonamides is 1. The first-order valence-electron chi connectivity index (χ1n) is 5.58. The summed E-state index contributed by atoms with van der Waals surface area (Å²) in [6, 6.07) is 7.65. The molecule has 106 valence electrons. The molecule has 0 aliphatic heterocycles. The van der Waals surface area contributed by atoms with Crippen LogP contribution in [-0.2, 0) is 16.6 Å². The Morgan fingerprint density at radius 3 is 2.35 bits per heavy atom. The third-order valence-corrected chi connectivity index (χ3v) is 3.96. The molecule has 0 spiro atoms. The molecule has 20 heavy (non-hydrogen) atoms. The van der Waals surface area contributed by atoms with E-state index in [0.717, 1.165) is 12.1 Å². The van der Waals surface area contributed by atoms with Crippen LogP contribution in [0.15, 0.2) is 47.4 Å². The number of nitrogens with one attached hydrogen (secondary N) is 1. The predicted molar refractivity (Wildman–Crippen MR) is 66.8 cm³/mol. The molecule has 7 heteroatoms. The zero-order valence-electron chi connectivity index (χ0n) is 10.1. The standard InChI is InChI=1S/C13H10F3NO2S/c14-10-3-1-2-9(6-10)8-17-20(18,19)11-4-5-12(15)13(16)7-11/h1-7,17H,8H2. The van der Waals surface area contributed by atoms with Gasteiger partial charge in [-0.05, 0) is 35.9 Å². The Labute approximate surface area is 114 Å². The summed E-state index contributed by atoms with van der Waals surface area (Å²) in [5.41, 5.74) is 0.413. The van der Waals surface area contributed by atoms with Crippen LogP contribution in [0, 0.1) is 17.5 Å². The van der Waals surface area contributed by atoms with Crippen LogP contribution in [0.5, 0.6) is 0 Å². The van der Waals surface area contributed by atoms with Crippen molar-refractivity contribution in [2.45, 2.75) is 11.4 Å². The summed E-state index contributed by atoms with van der Waals surface area (Å²) >= 11 is 0. The molecular weight excluding hydrogens is 291 g/mol. The molecule has 0 aromatic heterocycles. The molecule has 0 fully saturated rings. The van der Waals surface area contributed by atoms with Gasteiger partial charge in [-0.15, -0.1) is 0 Å². The van der Waals surface area contributed by atoms with E-state index < -0.39 is 32.4 Å². The maximum absolute atomic E-state index is 13.0. The lowest BCUT2D eigenvalue weighted by molar-refractivity contribution is 0.504. The first-order valence-corrected chi connectivity index (χ1v) is 7.06. The van der Waals surface area contributed by atoms with Gasteiger partial charge in [-0.1, -0.05) is 12.1 Å². The molecule has 2 aromatic rings. The van der Waals surface area contributed by atoms with Crippen LogP contribution < -0.4 is 4.72 Å². The largest absolute Gasteiger partial charge is 0.240 e. The fourth-order valence-corrected chi connectivity index (χ4v) is 2.58. The second-order valence-electron chi connectivity index (χ2n) is 4.03. The number of benzene rings is 2. The lowest BCUT2D eigenvalue weighted by Gasteiger charge is -2.07. The maximum Gasteiger partial charge on any atom is 0.240 e. The van der Waals surface area contributed by atoms with Crippen molar-refractivity contribution in [2.24, 2.45) is 0 Å². The van der Waals surface area contributed by atoms with Gasteiger partial charge in [0.15, 0.2) is 11.6 Å². The Balaban J connectivity index is 2.17. The molecule has 1 N–H and O–H groups in total. The van der Waals surface area contributed by atoms with E-state index in [0.29, 0.717) is 11.6 Å². The average molecular weight is 301 g/mol. The SMILES string of the molecule is O=S(=O)(NCc1cccc(F)c1)c1ccc(F)c(F)c1. The van der Waals surface area contributed by atoms with Gasteiger partial charge in [0.25, 0.3) is 0 Å². The Hall–Kier alpha value is -1.86. The summed E-state index contributed by atoms with van der Waals surface area (Å²) in [6.45, 7) is -0.154. The molecule has 0 aliphatic rings. The van der Waals surface area contributed by atoms with Gasteiger partial charge in [0.2, 0.25) is 10.0 Å². The van der Waals surface area contributed by atoms with E-state index >= 15 is 0 Å². The minimum absolute atomic E-state index is 0.154. The lowest BCUT2D eigenvalue weighted by Crippen LogP contribution is -2.23. The van der Waals surface area contributed by atoms with Crippen molar-refractivity contribution in [3.8, 4) is 0 Å². The number of hydrogen-bond donors (Lipinski definition) is 1. The summed E-state index contributed by atoms with van der Waals surface area (Å²) in [7, 11) is -3.99. The maximum atomic E-state index is 13.0. The topological polar surface area (TPSA) is 46.2 Å². The van der Waals surface area contributed by atoms with E-state index in [1.54, 1.807) is 0 Å². The lowest BCUT2D eigenvalue weighted by atomic mass is 10.2. The van der Waals surface area contributed by atoms with Crippen LogP contribution in [0.3, 0.4) is 0 Å². The van der Waals surface area contributed by atoms with Gasteiger partial charge in [-0.3, -0.25) is 0 Å². The molecule has 0 saturated carbocycles. The summed E-state index contributed by atoms with van der Waals surface area (Å²) < 4.78 is 64.6. The van der Waals surface area contributed by atoms with Crippen molar-refractivity contribution in [3.05, 3.63) is 65.5 Å². The summed E-state index contributed by atoms with van der Waals surface area (Å²) in [4.78, 5) is -0.396. The molecule has 0 bridgehead atoms. The monoisotopic (exact) mass is 301 g/mol. The van der Waals surface area contributed by atoms with Gasteiger partial charge >= 0.3 is 0 Å². The van der Waals surface area contributed by atoms with Gasteiger partial charge in [-0.25, -0.2) is 26.3 Å². The third kappa shape index (κ3) is 3.37. The van der Waals surface area contributed by atoms with Gasteiger partial charge < -0.3 is 0 Å². The minimum Gasteiger partial charge on any atom is -0.207 e. The molecule has 0 atom stereocenters. The van der Waals surface area contributed by atoms with E-state index in [2.05, 4.69) is 4.72 Å². The fraction of sp³-hybridized carbons (Fsp3) is 0.0769.